The summed E-state index contributed by atoms with van der Waals surface area (Å²) in [5, 5.41) is 19.2. The van der Waals surface area contributed by atoms with Gasteiger partial charge in [-0.1, -0.05) is 12.1 Å². The van der Waals surface area contributed by atoms with E-state index in [4.69, 9.17) is 5.11 Å². The van der Waals surface area contributed by atoms with Crippen molar-refractivity contribution in [3.8, 4) is 0 Å². The van der Waals surface area contributed by atoms with Gasteiger partial charge in [0.05, 0.1) is 18.1 Å². The van der Waals surface area contributed by atoms with E-state index < -0.39 is 17.9 Å². The third kappa shape index (κ3) is 4.72. The molecule has 0 radical (unpaired) electrons. The number of nitro benzene ring substituents is 1. The van der Waals surface area contributed by atoms with E-state index in [0.29, 0.717) is 5.56 Å². The summed E-state index contributed by atoms with van der Waals surface area (Å²) in [5.74, 6) is 0. The number of hydrogen-bond acceptors (Lipinski definition) is 4. The highest BCUT2D eigenvalue weighted by atomic mass is 19.3. The molecule has 0 atom stereocenters. The zero-order valence-corrected chi connectivity index (χ0v) is 9.63. The number of benzene rings is 1. The molecular weight excluding hydrogens is 246 g/mol. The van der Waals surface area contributed by atoms with Crippen LogP contribution in [-0.2, 0) is 6.54 Å². The SMILES string of the molecule is O=[N+]([O-])c1ccc(CN(CCO)CC(F)F)cc1. The summed E-state index contributed by atoms with van der Waals surface area (Å²) in [7, 11) is 0. The molecule has 100 valence electrons. The van der Waals surface area contributed by atoms with Crippen LogP contribution >= 0.6 is 0 Å². The Morgan fingerprint density at radius 1 is 1.33 bits per heavy atom. The Kier molecular flexibility index (Phi) is 5.60. The van der Waals surface area contributed by atoms with Crippen molar-refractivity contribution in [2.45, 2.75) is 13.0 Å². The Morgan fingerprint density at radius 2 is 1.94 bits per heavy atom. The third-order valence-corrected chi connectivity index (χ3v) is 2.37. The van der Waals surface area contributed by atoms with E-state index >= 15 is 0 Å². The second kappa shape index (κ2) is 6.97. The highest BCUT2D eigenvalue weighted by Gasteiger charge is 2.12. The second-order valence-electron chi connectivity index (χ2n) is 3.77. The molecule has 1 aromatic carbocycles. The summed E-state index contributed by atoms with van der Waals surface area (Å²) in [6, 6.07) is 5.70. The van der Waals surface area contributed by atoms with E-state index in [9.17, 15) is 18.9 Å². The summed E-state index contributed by atoms with van der Waals surface area (Å²) in [4.78, 5) is 11.3. The van der Waals surface area contributed by atoms with Crippen LogP contribution in [0.25, 0.3) is 0 Å². The predicted molar refractivity (Wildman–Crippen MR) is 61.5 cm³/mol. The molecule has 7 heteroatoms. The van der Waals surface area contributed by atoms with Crippen molar-refractivity contribution >= 4 is 5.69 Å². The molecule has 0 spiro atoms. The first-order valence-corrected chi connectivity index (χ1v) is 5.37. The summed E-state index contributed by atoms with van der Waals surface area (Å²) in [6.07, 6.45) is -2.48. The second-order valence-corrected chi connectivity index (χ2v) is 3.77. The molecule has 18 heavy (non-hydrogen) atoms. The Hall–Kier alpha value is -1.60. The van der Waals surface area contributed by atoms with Gasteiger partial charge in [0, 0.05) is 25.2 Å². The number of hydrogen-bond donors (Lipinski definition) is 1. The summed E-state index contributed by atoms with van der Waals surface area (Å²) >= 11 is 0. The molecule has 5 nitrogen and oxygen atoms in total. The van der Waals surface area contributed by atoms with Crippen molar-refractivity contribution in [3.05, 3.63) is 39.9 Å². The molecule has 0 aliphatic carbocycles. The van der Waals surface area contributed by atoms with Gasteiger partial charge in [0.1, 0.15) is 0 Å². The van der Waals surface area contributed by atoms with Crippen molar-refractivity contribution in [2.75, 3.05) is 19.7 Å². The Labute approximate surface area is 103 Å². The summed E-state index contributed by atoms with van der Waals surface area (Å²) < 4.78 is 24.5. The predicted octanol–water partition coefficient (Wildman–Crippen LogP) is 1.65. The van der Waals surface area contributed by atoms with E-state index in [1.54, 1.807) is 0 Å². The summed E-state index contributed by atoms with van der Waals surface area (Å²) in [6.45, 7) is -0.276. The van der Waals surface area contributed by atoms with Crippen LogP contribution in [0.2, 0.25) is 0 Å². The fourth-order valence-corrected chi connectivity index (χ4v) is 1.55. The molecule has 1 rings (SSSR count). The average Bonchev–Trinajstić information content (AvgIpc) is 2.29. The number of rotatable bonds is 7. The Balaban J connectivity index is 2.65. The van der Waals surface area contributed by atoms with Gasteiger partial charge < -0.3 is 5.11 Å². The lowest BCUT2D eigenvalue weighted by atomic mass is 10.2. The van der Waals surface area contributed by atoms with Crippen LogP contribution in [0.15, 0.2) is 24.3 Å². The molecule has 0 saturated carbocycles. The summed E-state index contributed by atoms with van der Waals surface area (Å²) in [5.41, 5.74) is 0.649. The van der Waals surface area contributed by atoms with Crippen molar-refractivity contribution < 1.29 is 18.8 Å². The van der Waals surface area contributed by atoms with Crippen LogP contribution in [0.1, 0.15) is 5.56 Å². The van der Waals surface area contributed by atoms with Gasteiger partial charge in [-0.2, -0.15) is 0 Å². The number of aliphatic hydroxyl groups excluding tert-OH is 1. The third-order valence-electron chi connectivity index (χ3n) is 2.37. The molecule has 1 aromatic rings. The molecule has 1 N–H and O–H groups in total. The van der Waals surface area contributed by atoms with Gasteiger partial charge in [0.25, 0.3) is 12.1 Å². The lowest BCUT2D eigenvalue weighted by Crippen LogP contribution is -2.31. The molecule has 0 aliphatic heterocycles. The molecule has 0 heterocycles. The van der Waals surface area contributed by atoms with Crippen LogP contribution in [0.3, 0.4) is 0 Å². The lowest BCUT2D eigenvalue weighted by molar-refractivity contribution is -0.384. The first kappa shape index (κ1) is 14.5. The van der Waals surface area contributed by atoms with E-state index in [1.165, 1.54) is 29.2 Å². The number of alkyl halides is 2. The lowest BCUT2D eigenvalue weighted by Gasteiger charge is -2.20. The first-order valence-electron chi connectivity index (χ1n) is 5.37. The highest BCUT2D eigenvalue weighted by molar-refractivity contribution is 5.32. The minimum atomic E-state index is -2.48. The van der Waals surface area contributed by atoms with E-state index in [0.717, 1.165) is 0 Å². The van der Waals surface area contributed by atoms with Crippen LogP contribution in [0.5, 0.6) is 0 Å². The van der Waals surface area contributed by atoms with Crippen molar-refractivity contribution in [1.82, 2.24) is 4.90 Å². The van der Waals surface area contributed by atoms with E-state index in [1.807, 2.05) is 0 Å². The van der Waals surface area contributed by atoms with Crippen LogP contribution in [0, 0.1) is 10.1 Å². The molecule has 0 aromatic heterocycles. The van der Waals surface area contributed by atoms with Gasteiger partial charge in [-0.15, -0.1) is 0 Å². The molecule has 0 bridgehead atoms. The van der Waals surface area contributed by atoms with Gasteiger partial charge in [0.2, 0.25) is 0 Å². The molecule has 0 amide bonds. The molecule has 0 saturated heterocycles. The maximum Gasteiger partial charge on any atom is 0.269 e. The Bertz CT molecular complexity index is 384. The standard InChI is InChI=1S/C11H14F2N2O3/c12-11(13)8-14(5-6-16)7-9-1-3-10(4-2-9)15(17)18/h1-4,11,16H,5-8H2. The maximum atomic E-state index is 12.3. The van der Waals surface area contributed by atoms with Gasteiger partial charge in [-0.05, 0) is 5.56 Å². The van der Waals surface area contributed by atoms with Crippen molar-refractivity contribution in [2.24, 2.45) is 0 Å². The minimum Gasteiger partial charge on any atom is -0.395 e. The van der Waals surface area contributed by atoms with Crippen molar-refractivity contribution in [3.63, 3.8) is 0 Å². The molecule has 0 fully saturated rings. The van der Waals surface area contributed by atoms with Gasteiger partial charge in [0.15, 0.2) is 0 Å². The van der Waals surface area contributed by atoms with Gasteiger partial charge in [-0.25, -0.2) is 8.78 Å². The Morgan fingerprint density at radius 3 is 2.39 bits per heavy atom. The number of nitrogens with zero attached hydrogens (tertiary/aromatic N) is 2. The number of nitro groups is 1. The minimum absolute atomic E-state index is 0.0404. The highest BCUT2D eigenvalue weighted by Crippen LogP contribution is 2.13. The first-order chi connectivity index (χ1) is 8.52. The van der Waals surface area contributed by atoms with Crippen molar-refractivity contribution in [1.29, 1.82) is 0 Å². The number of halogens is 2. The number of aliphatic hydroxyl groups is 1. The van der Waals surface area contributed by atoms with Crippen LogP contribution < -0.4 is 0 Å². The van der Waals surface area contributed by atoms with Gasteiger partial charge >= 0.3 is 0 Å². The smallest absolute Gasteiger partial charge is 0.269 e. The zero-order chi connectivity index (χ0) is 13.5. The normalized spacial score (nSPS) is 11.2. The zero-order valence-electron chi connectivity index (χ0n) is 9.63. The fraction of sp³-hybridized carbons (Fsp3) is 0.455. The monoisotopic (exact) mass is 260 g/mol. The largest absolute Gasteiger partial charge is 0.395 e. The maximum absolute atomic E-state index is 12.3. The quantitative estimate of drug-likeness (QED) is 0.598. The van der Waals surface area contributed by atoms with E-state index in [2.05, 4.69) is 0 Å². The average molecular weight is 260 g/mol. The topological polar surface area (TPSA) is 66.6 Å². The van der Waals surface area contributed by atoms with Crippen LogP contribution in [0.4, 0.5) is 14.5 Å². The molecular formula is C11H14F2N2O3. The molecule has 0 aliphatic rings. The number of non-ortho nitro benzene ring substituents is 1. The van der Waals surface area contributed by atoms with Crippen LogP contribution in [-0.4, -0.2) is 41.1 Å². The fourth-order valence-electron chi connectivity index (χ4n) is 1.55. The van der Waals surface area contributed by atoms with Gasteiger partial charge in [-0.3, -0.25) is 15.0 Å². The molecule has 0 unspecified atom stereocenters. The van der Waals surface area contributed by atoms with E-state index in [-0.39, 0.29) is 25.4 Å².